The number of benzene rings is 1. The first-order valence-corrected chi connectivity index (χ1v) is 7.42. The molecule has 2 N–H and O–H groups in total. The lowest BCUT2D eigenvalue weighted by Gasteiger charge is -2.25. The van der Waals surface area contributed by atoms with Crippen LogP contribution in [-0.2, 0) is 11.3 Å². The van der Waals surface area contributed by atoms with E-state index in [1.165, 1.54) is 0 Å². The average molecular weight is 315 g/mol. The van der Waals surface area contributed by atoms with Gasteiger partial charge in [-0.25, -0.2) is 4.79 Å². The molecule has 2 aromatic rings. The predicted octanol–water partition coefficient (Wildman–Crippen LogP) is 2.30. The maximum absolute atomic E-state index is 12.2. The summed E-state index contributed by atoms with van der Waals surface area (Å²) < 4.78 is 5.11. The first-order valence-electron chi connectivity index (χ1n) is 7.42. The molecule has 6 heteroatoms. The van der Waals surface area contributed by atoms with E-state index in [0.717, 1.165) is 5.56 Å². The fourth-order valence-electron chi connectivity index (χ4n) is 2.09. The zero-order chi connectivity index (χ0) is 16.7. The zero-order valence-corrected chi connectivity index (χ0v) is 13.3. The molecule has 0 fully saturated rings. The van der Waals surface area contributed by atoms with E-state index in [4.69, 9.17) is 4.42 Å². The van der Waals surface area contributed by atoms with E-state index in [-0.39, 0.29) is 25.0 Å². The molecule has 23 heavy (non-hydrogen) atoms. The molecule has 6 nitrogen and oxygen atoms in total. The quantitative estimate of drug-likeness (QED) is 0.859. The van der Waals surface area contributed by atoms with E-state index in [9.17, 15) is 9.59 Å². The smallest absolute Gasteiger partial charge is 0.315 e. The van der Waals surface area contributed by atoms with Crippen LogP contribution >= 0.6 is 0 Å². The molecule has 3 amide bonds. The molecule has 0 radical (unpaired) electrons. The summed E-state index contributed by atoms with van der Waals surface area (Å²) in [7, 11) is 1.72. The number of hydrogen-bond acceptors (Lipinski definition) is 3. The minimum atomic E-state index is -0.407. The Labute approximate surface area is 135 Å². The minimum absolute atomic E-state index is 0.0579. The molecule has 0 aliphatic rings. The van der Waals surface area contributed by atoms with Crippen molar-refractivity contribution in [3.05, 3.63) is 60.1 Å². The highest BCUT2D eigenvalue weighted by Gasteiger charge is 2.17. The van der Waals surface area contributed by atoms with Gasteiger partial charge in [-0.15, -0.1) is 0 Å². The summed E-state index contributed by atoms with van der Waals surface area (Å²) in [6.45, 7) is 2.17. The lowest BCUT2D eigenvalue weighted by atomic mass is 10.1. The van der Waals surface area contributed by atoms with Crippen LogP contribution in [0.3, 0.4) is 0 Å². The Morgan fingerprint density at radius 2 is 1.87 bits per heavy atom. The first kappa shape index (κ1) is 16.6. The maximum Gasteiger partial charge on any atom is 0.315 e. The van der Waals surface area contributed by atoms with Gasteiger partial charge in [-0.05, 0) is 24.6 Å². The van der Waals surface area contributed by atoms with Crippen LogP contribution in [0.2, 0.25) is 0 Å². The summed E-state index contributed by atoms with van der Waals surface area (Å²) in [5.74, 6) is 0.496. The Morgan fingerprint density at radius 1 is 1.13 bits per heavy atom. The molecule has 122 valence electrons. The standard InChI is InChI=1S/C17H21N3O3/c1-13(14-7-4-3-5-8-14)20(2)16(21)12-19-17(22)18-11-15-9-6-10-23-15/h3-10,13H,11-12H2,1-2H3,(H2,18,19,22). The molecule has 0 spiro atoms. The number of urea groups is 1. The highest BCUT2D eigenvalue weighted by atomic mass is 16.3. The van der Waals surface area contributed by atoms with Crippen LogP contribution in [0.25, 0.3) is 0 Å². The second-order valence-corrected chi connectivity index (χ2v) is 5.21. The van der Waals surface area contributed by atoms with Crippen molar-refractivity contribution in [3.8, 4) is 0 Å². The molecule has 2 rings (SSSR count). The molecular formula is C17H21N3O3. The number of carbonyl (C=O) groups is 2. The van der Waals surface area contributed by atoms with E-state index in [1.54, 1.807) is 30.3 Å². The maximum atomic E-state index is 12.2. The van der Waals surface area contributed by atoms with Crippen LogP contribution in [-0.4, -0.2) is 30.4 Å². The van der Waals surface area contributed by atoms with Crippen molar-refractivity contribution >= 4 is 11.9 Å². The monoisotopic (exact) mass is 315 g/mol. The average Bonchev–Trinajstić information content (AvgIpc) is 3.10. The number of hydrogen-bond donors (Lipinski definition) is 2. The van der Waals surface area contributed by atoms with Gasteiger partial charge in [0.05, 0.1) is 25.4 Å². The second kappa shape index (κ2) is 8.03. The van der Waals surface area contributed by atoms with Crippen molar-refractivity contribution in [2.24, 2.45) is 0 Å². The molecule has 0 aliphatic carbocycles. The van der Waals surface area contributed by atoms with E-state index < -0.39 is 6.03 Å². The fourth-order valence-corrected chi connectivity index (χ4v) is 2.09. The van der Waals surface area contributed by atoms with Crippen LogP contribution < -0.4 is 10.6 Å². The molecular weight excluding hydrogens is 294 g/mol. The lowest BCUT2D eigenvalue weighted by Crippen LogP contribution is -2.43. The van der Waals surface area contributed by atoms with Crippen molar-refractivity contribution in [1.29, 1.82) is 0 Å². The molecule has 0 aliphatic heterocycles. The molecule has 1 aromatic heterocycles. The zero-order valence-electron chi connectivity index (χ0n) is 13.3. The van der Waals surface area contributed by atoms with E-state index in [2.05, 4.69) is 10.6 Å². The Bertz CT molecular complexity index is 626. The molecule has 1 atom stereocenters. The van der Waals surface area contributed by atoms with Crippen LogP contribution in [0.4, 0.5) is 4.79 Å². The number of amides is 3. The van der Waals surface area contributed by atoms with Gasteiger partial charge >= 0.3 is 6.03 Å². The summed E-state index contributed by atoms with van der Waals surface area (Å²) in [6, 6.07) is 12.8. The molecule has 1 aromatic carbocycles. The molecule has 1 unspecified atom stereocenters. The van der Waals surface area contributed by atoms with Crippen molar-refractivity contribution < 1.29 is 14.0 Å². The molecule has 0 saturated heterocycles. The van der Waals surface area contributed by atoms with Crippen LogP contribution in [0, 0.1) is 0 Å². The van der Waals surface area contributed by atoms with Gasteiger partial charge in [0, 0.05) is 7.05 Å². The number of furan rings is 1. The van der Waals surface area contributed by atoms with Crippen LogP contribution in [0.1, 0.15) is 24.3 Å². The van der Waals surface area contributed by atoms with Gasteiger partial charge in [0.15, 0.2) is 0 Å². The van der Waals surface area contributed by atoms with Crippen molar-refractivity contribution in [2.75, 3.05) is 13.6 Å². The SMILES string of the molecule is CC(c1ccccc1)N(C)C(=O)CNC(=O)NCc1ccco1. The Hall–Kier alpha value is -2.76. The number of nitrogens with one attached hydrogen (secondary N) is 2. The van der Waals surface area contributed by atoms with Gasteiger partial charge < -0.3 is 20.0 Å². The minimum Gasteiger partial charge on any atom is -0.467 e. The molecule has 1 heterocycles. The summed E-state index contributed by atoms with van der Waals surface area (Å²) in [5, 5.41) is 5.17. The van der Waals surface area contributed by atoms with Gasteiger partial charge in [-0.1, -0.05) is 30.3 Å². The first-order chi connectivity index (χ1) is 11.1. The van der Waals surface area contributed by atoms with Crippen LogP contribution in [0.15, 0.2) is 53.1 Å². The molecule has 0 bridgehead atoms. The topological polar surface area (TPSA) is 74.6 Å². The number of nitrogens with zero attached hydrogens (tertiary/aromatic N) is 1. The van der Waals surface area contributed by atoms with E-state index in [1.807, 2.05) is 37.3 Å². The van der Waals surface area contributed by atoms with Gasteiger partial charge in [0.25, 0.3) is 0 Å². The lowest BCUT2D eigenvalue weighted by molar-refractivity contribution is -0.130. The van der Waals surface area contributed by atoms with Gasteiger partial charge in [-0.2, -0.15) is 0 Å². The van der Waals surface area contributed by atoms with E-state index >= 15 is 0 Å². The predicted molar refractivity (Wildman–Crippen MR) is 86.6 cm³/mol. The van der Waals surface area contributed by atoms with Crippen molar-refractivity contribution in [1.82, 2.24) is 15.5 Å². The third kappa shape index (κ3) is 4.88. The summed E-state index contributed by atoms with van der Waals surface area (Å²) in [4.78, 5) is 25.4. The Balaban J connectivity index is 1.76. The normalized spacial score (nSPS) is 11.6. The molecule has 0 saturated carbocycles. The second-order valence-electron chi connectivity index (χ2n) is 5.21. The number of likely N-dealkylation sites (N-methyl/N-ethyl adjacent to an activating group) is 1. The van der Waals surface area contributed by atoms with Crippen molar-refractivity contribution in [3.63, 3.8) is 0 Å². The third-order valence-electron chi connectivity index (χ3n) is 3.66. The number of rotatable bonds is 6. The number of carbonyl (C=O) groups excluding carboxylic acids is 2. The Kier molecular flexibility index (Phi) is 5.80. The Morgan fingerprint density at radius 3 is 2.52 bits per heavy atom. The van der Waals surface area contributed by atoms with Gasteiger partial charge in [0.1, 0.15) is 5.76 Å². The highest BCUT2D eigenvalue weighted by molar-refractivity contribution is 5.84. The van der Waals surface area contributed by atoms with Gasteiger partial charge in [0.2, 0.25) is 5.91 Å². The highest BCUT2D eigenvalue weighted by Crippen LogP contribution is 2.17. The third-order valence-corrected chi connectivity index (χ3v) is 3.66. The summed E-state index contributed by atoms with van der Waals surface area (Å²) in [6.07, 6.45) is 1.54. The van der Waals surface area contributed by atoms with Crippen molar-refractivity contribution in [2.45, 2.75) is 19.5 Å². The van der Waals surface area contributed by atoms with Gasteiger partial charge in [-0.3, -0.25) is 4.79 Å². The fraction of sp³-hybridized carbons (Fsp3) is 0.294. The largest absolute Gasteiger partial charge is 0.467 e. The van der Waals surface area contributed by atoms with E-state index in [0.29, 0.717) is 5.76 Å². The summed E-state index contributed by atoms with van der Waals surface area (Å²) in [5.41, 5.74) is 1.05. The summed E-state index contributed by atoms with van der Waals surface area (Å²) >= 11 is 0. The van der Waals surface area contributed by atoms with Crippen LogP contribution in [0.5, 0.6) is 0 Å².